The van der Waals surface area contributed by atoms with Gasteiger partial charge in [0.1, 0.15) is 5.82 Å². The van der Waals surface area contributed by atoms with Gasteiger partial charge in [-0.25, -0.2) is 0 Å². The summed E-state index contributed by atoms with van der Waals surface area (Å²) in [5, 5.41) is 9.86. The van der Waals surface area contributed by atoms with Crippen molar-refractivity contribution in [3.63, 3.8) is 0 Å². The highest BCUT2D eigenvalue weighted by atomic mass is 15.3. The summed E-state index contributed by atoms with van der Waals surface area (Å²) in [6.07, 6.45) is 1.87. The molecule has 0 bridgehead atoms. The van der Waals surface area contributed by atoms with Crippen LogP contribution in [-0.2, 0) is 13.6 Å². The van der Waals surface area contributed by atoms with E-state index in [2.05, 4.69) is 22.3 Å². The first-order chi connectivity index (χ1) is 8.66. The predicted octanol–water partition coefficient (Wildman–Crippen LogP) is 1.71. The van der Waals surface area contributed by atoms with Gasteiger partial charge >= 0.3 is 0 Å². The van der Waals surface area contributed by atoms with E-state index in [-0.39, 0.29) is 0 Å². The molecular formula is C13H15N5. The van der Waals surface area contributed by atoms with Gasteiger partial charge in [-0.2, -0.15) is 10.2 Å². The number of aromatic nitrogens is 4. The van der Waals surface area contributed by atoms with E-state index in [4.69, 9.17) is 5.73 Å². The molecule has 2 N–H and O–H groups in total. The zero-order valence-electron chi connectivity index (χ0n) is 10.5. The van der Waals surface area contributed by atoms with E-state index in [1.54, 1.807) is 4.68 Å². The third kappa shape index (κ3) is 1.55. The highest BCUT2D eigenvalue weighted by Gasteiger charge is 2.12. The Morgan fingerprint density at radius 1 is 1.28 bits per heavy atom. The minimum absolute atomic E-state index is 0.652. The molecule has 2 aromatic heterocycles. The largest absolute Gasteiger partial charge is 0.384 e. The number of fused-ring (bicyclic) bond motifs is 1. The third-order valence-corrected chi connectivity index (χ3v) is 3.25. The standard InChI is InChI=1S/C13H15N5/c1-9-11(13(14)17(2)16-9)8-18-12-6-4-3-5-10(12)7-15-18/h3-7H,8,14H2,1-2H3. The van der Waals surface area contributed by atoms with Crippen molar-refractivity contribution >= 4 is 16.7 Å². The van der Waals surface area contributed by atoms with E-state index < -0.39 is 0 Å². The summed E-state index contributed by atoms with van der Waals surface area (Å²) in [6, 6.07) is 8.14. The molecule has 5 nitrogen and oxygen atoms in total. The number of para-hydroxylation sites is 1. The van der Waals surface area contributed by atoms with Crippen molar-refractivity contribution in [1.82, 2.24) is 19.6 Å². The summed E-state index contributed by atoms with van der Waals surface area (Å²) >= 11 is 0. The lowest BCUT2D eigenvalue weighted by molar-refractivity contribution is 0.710. The number of aryl methyl sites for hydroxylation is 2. The van der Waals surface area contributed by atoms with Gasteiger partial charge in [0, 0.05) is 18.0 Å². The molecule has 0 unspecified atom stereocenters. The Morgan fingerprint density at radius 3 is 2.78 bits per heavy atom. The van der Waals surface area contributed by atoms with Crippen molar-refractivity contribution in [2.24, 2.45) is 7.05 Å². The first kappa shape index (κ1) is 10.8. The second kappa shape index (κ2) is 3.87. The SMILES string of the molecule is Cc1nn(C)c(N)c1Cn1ncc2ccccc21. The van der Waals surface area contributed by atoms with Gasteiger partial charge in [-0.05, 0) is 13.0 Å². The van der Waals surface area contributed by atoms with Crippen molar-refractivity contribution in [1.29, 1.82) is 0 Å². The molecule has 0 aliphatic heterocycles. The second-order valence-corrected chi connectivity index (χ2v) is 4.43. The maximum absolute atomic E-state index is 6.02. The molecule has 0 spiro atoms. The van der Waals surface area contributed by atoms with Gasteiger partial charge in [0.05, 0.1) is 24.0 Å². The van der Waals surface area contributed by atoms with Gasteiger partial charge in [-0.15, -0.1) is 0 Å². The lowest BCUT2D eigenvalue weighted by Gasteiger charge is -2.04. The summed E-state index contributed by atoms with van der Waals surface area (Å²) in [4.78, 5) is 0. The molecule has 0 atom stereocenters. The molecule has 0 radical (unpaired) electrons. The van der Waals surface area contributed by atoms with E-state index in [9.17, 15) is 0 Å². The maximum atomic E-state index is 6.02. The van der Waals surface area contributed by atoms with Crippen LogP contribution < -0.4 is 5.73 Å². The summed E-state index contributed by atoms with van der Waals surface area (Å²) in [5.41, 5.74) is 9.12. The van der Waals surface area contributed by atoms with Crippen LogP contribution in [0.4, 0.5) is 5.82 Å². The van der Waals surface area contributed by atoms with E-state index in [0.717, 1.165) is 22.2 Å². The molecular weight excluding hydrogens is 226 g/mol. The fourth-order valence-corrected chi connectivity index (χ4v) is 2.22. The molecule has 1 aromatic carbocycles. The van der Waals surface area contributed by atoms with Crippen molar-refractivity contribution in [3.8, 4) is 0 Å². The number of hydrogen-bond donors (Lipinski definition) is 1. The third-order valence-electron chi connectivity index (χ3n) is 3.25. The Balaban J connectivity index is 2.07. The molecule has 18 heavy (non-hydrogen) atoms. The molecule has 3 aromatic rings. The number of benzene rings is 1. The summed E-state index contributed by atoms with van der Waals surface area (Å²) in [7, 11) is 1.85. The highest BCUT2D eigenvalue weighted by molar-refractivity contribution is 5.78. The predicted molar refractivity (Wildman–Crippen MR) is 71.2 cm³/mol. The van der Waals surface area contributed by atoms with Crippen LogP contribution in [-0.4, -0.2) is 19.6 Å². The van der Waals surface area contributed by atoms with Crippen molar-refractivity contribution in [2.75, 3.05) is 5.73 Å². The lowest BCUT2D eigenvalue weighted by atomic mass is 10.2. The number of nitrogens with zero attached hydrogens (tertiary/aromatic N) is 4. The Kier molecular flexibility index (Phi) is 2.33. The first-order valence-corrected chi connectivity index (χ1v) is 5.85. The summed E-state index contributed by atoms with van der Waals surface area (Å²) in [6.45, 7) is 2.62. The smallest absolute Gasteiger partial charge is 0.126 e. The van der Waals surface area contributed by atoms with Gasteiger partial charge in [0.15, 0.2) is 0 Å². The average molecular weight is 241 g/mol. The van der Waals surface area contributed by atoms with Crippen molar-refractivity contribution in [2.45, 2.75) is 13.5 Å². The van der Waals surface area contributed by atoms with E-state index in [1.807, 2.05) is 37.0 Å². The number of rotatable bonds is 2. The van der Waals surface area contributed by atoms with E-state index in [0.29, 0.717) is 12.4 Å². The Hall–Kier alpha value is -2.30. The van der Waals surface area contributed by atoms with Crippen molar-refractivity contribution < 1.29 is 0 Å². The molecule has 92 valence electrons. The minimum Gasteiger partial charge on any atom is -0.384 e. The highest BCUT2D eigenvalue weighted by Crippen LogP contribution is 2.19. The van der Waals surface area contributed by atoms with Crippen LogP contribution in [0.3, 0.4) is 0 Å². The molecule has 0 fully saturated rings. The minimum atomic E-state index is 0.652. The fourth-order valence-electron chi connectivity index (χ4n) is 2.22. The van der Waals surface area contributed by atoms with Gasteiger partial charge in [0.2, 0.25) is 0 Å². The lowest BCUT2D eigenvalue weighted by Crippen LogP contribution is -2.05. The van der Waals surface area contributed by atoms with Crippen LogP contribution in [0.15, 0.2) is 30.5 Å². The molecule has 5 heteroatoms. The topological polar surface area (TPSA) is 61.7 Å². The summed E-state index contributed by atoms with van der Waals surface area (Å²) in [5.74, 6) is 0.701. The van der Waals surface area contributed by atoms with Crippen molar-refractivity contribution in [3.05, 3.63) is 41.7 Å². The number of nitrogen functional groups attached to an aromatic ring is 1. The van der Waals surface area contributed by atoms with Crippen LogP contribution in [0.1, 0.15) is 11.3 Å². The van der Waals surface area contributed by atoms with Crippen LogP contribution >= 0.6 is 0 Å². The Bertz CT molecular complexity index is 707. The Morgan fingerprint density at radius 2 is 2.06 bits per heavy atom. The molecule has 3 rings (SSSR count). The maximum Gasteiger partial charge on any atom is 0.126 e. The Labute approximate surface area is 105 Å². The normalized spacial score (nSPS) is 11.2. The monoisotopic (exact) mass is 241 g/mol. The molecule has 2 heterocycles. The quantitative estimate of drug-likeness (QED) is 0.743. The number of hydrogen-bond acceptors (Lipinski definition) is 3. The average Bonchev–Trinajstić information content (AvgIpc) is 2.87. The second-order valence-electron chi connectivity index (χ2n) is 4.43. The van der Waals surface area contributed by atoms with Gasteiger partial charge in [-0.3, -0.25) is 9.36 Å². The molecule has 0 aliphatic carbocycles. The van der Waals surface area contributed by atoms with Crippen LogP contribution in [0.2, 0.25) is 0 Å². The van der Waals surface area contributed by atoms with Crippen LogP contribution in [0.25, 0.3) is 10.9 Å². The first-order valence-electron chi connectivity index (χ1n) is 5.85. The fraction of sp³-hybridized carbons (Fsp3) is 0.231. The molecule has 0 amide bonds. The zero-order chi connectivity index (χ0) is 12.7. The molecule has 0 saturated carbocycles. The van der Waals surface area contributed by atoms with Crippen LogP contribution in [0.5, 0.6) is 0 Å². The van der Waals surface area contributed by atoms with Gasteiger partial charge in [-0.1, -0.05) is 18.2 Å². The van der Waals surface area contributed by atoms with Gasteiger partial charge in [0.25, 0.3) is 0 Å². The zero-order valence-corrected chi connectivity index (χ0v) is 10.5. The number of nitrogens with two attached hydrogens (primary N) is 1. The van der Waals surface area contributed by atoms with Crippen LogP contribution in [0, 0.1) is 6.92 Å². The summed E-state index contributed by atoms with van der Waals surface area (Å²) < 4.78 is 3.66. The molecule has 0 saturated heterocycles. The molecule has 0 aliphatic rings. The van der Waals surface area contributed by atoms with E-state index >= 15 is 0 Å². The number of anilines is 1. The van der Waals surface area contributed by atoms with E-state index in [1.165, 1.54) is 0 Å². The van der Waals surface area contributed by atoms with Gasteiger partial charge < -0.3 is 5.73 Å².